The van der Waals surface area contributed by atoms with E-state index in [0.29, 0.717) is 5.78 Å². The Morgan fingerprint density at radius 1 is 0.667 bits per heavy atom. The van der Waals surface area contributed by atoms with E-state index < -0.39 is 0 Å². The summed E-state index contributed by atoms with van der Waals surface area (Å²) in [5, 5.41) is 3.48. The van der Waals surface area contributed by atoms with E-state index >= 15 is 0 Å². The van der Waals surface area contributed by atoms with Crippen LogP contribution in [0, 0.1) is 0 Å². The summed E-state index contributed by atoms with van der Waals surface area (Å²) in [7, 11) is 0. The molecule has 0 aromatic rings. The summed E-state index contributed by atoms with van der Waals surface area (Å²) < 4.78 is 0. The SMILES string of the molecule is O=C1CCCCCCNCCCCCC1. The van der Waals surface area contributed by atoms with Gasteiger partial charge in [0.25, 0.3) is 0 Å². The second-order valence-corrected chi connectivity index (χ2v) is 4.62. The zero-order chi connectivity index (χ0) is 10.8. The maximum absolute atomic E-state index is 11.4. The van der Waals surface area contributed by atoms with E-state index in [1.807, 2.05) is 0 Å². The van der Waals surface area contributed by atoms with Crippen LogP contribution >= 0.6 is 0 Å². The molecule has 0 saturated carbocycles. The number of hydrogen-bond acceptors (Lipinski definition) is 2. The van der Waals surface area contributed by atoms with Crippen molar-refractivity contribution in [3.63, 3.8) is 0 Å². The van der Waals surface area contributed by atoms with Crippen LogP contribution in [0.5, 0.6) is 0 Å². The van der Waals surface area contributed by atoms with E-state index in [4.69, 9.17) is 0 Å². The van der Waals surface area contributed by atoms with Gasteiger partial charge in [-0.1, -0.05) is 25.7 Å². The highest BCUT2D eigenvalue weighted by molar-refractivity contribution is 5.78. The summed E-state index contributed by atoms with van der Waals surface area (Å²) in [5.74, 6) is 0.491. The van der Waals surface area contributed by atoms with Crippen LogP contribution in [0.1, 0.15) is 64.2 Å². The van der Waals surface area contributed by atoms with Crippen molar-refractivity contribution in [1.82, 2.24) is 5.32 Å². The summed E-state index contributed by atoms with van der Waals surface area (Å²) in [4.78, 5) is 11.4. The number of carbonyl (C=O) groups excluding carboxylic acids is 1. The Balaban J connectivity index is 2.13. The average molecular weight is 211 g/mol. The lowest BCUT2D eigenvalue weighted by Gasteiger charge is -2.06. The lowest BCUT2D eigenvalue weighted by Crippen LogP contribution is -2.16. The summed E-state index contributed by atoms with van der Waals surface area (Å²) >= 11 is 0. The largest absolute Gasteiger partial charge is 0.317 e. The quantitative estimate of drug-likeness (QED) is 0.667. The number of carbonyl (C=O) groups is 1. The topological polar surface area (TPSA) is 29.1 Å². The van der Waals surface area contributed by atoms with E-state index in [1.165, 1.54) is 38.5 Å². The molecular weight excluding hydrogens is 186 g/mol. The molecule has 1 aliphatic rings. The molecule has 0 radical (unpaired) electrons. The Hall–Kier alpha value is -0.370. The van der Waals surface area contributed by atoms with Gasteiger partial charge in [0.05, 0.1) is 0 Å². The van der Waals surface area contributed by atoms with Crippen molar-refractivity contribution >= 4 is 5.78 Å². The Kier molecular flexibility index (Phi) is 7.53. The smallest absolute Gasteiger partial charge is 0.132 e. The Labute approximate surface area is 93.8 Å². The lowest BCUT2D eigenvalue weighted by atomic mass is 10.0. The Morgan fingerprint density at radius 3 is 1.67 bits per heavy atom. The number of Topliss-reactive ketones (excluding diaryl/α,β-unsaturated/α-hetero) is 1. The van der Waals surface area contributed by atoms with E-state index in [-0.39, 0.29) is 0 Å². The second-order valence-electron chi connectivity index (χ2n) is 4.62. The molecule has 1 rings (SSSR count). The predicted octanol–water partition coefficient (Wildman–Crippen LogP) is 3.06. The van der Waals surface area contributed by atoms with Crippen LogP contribution in [0.2, 0.25) is 0 Å². The van der Waals surface area contributed by atoms with Gasteiger partial charge >= 0.3 is 0 Å². The van der Waals surface area contributed by atoms with Crippen LogP contribution in [-0.4, -0.2) is 18.9 Å². The van der Waals surface area contributed by atoms with Crippen molar-refractivity contribution < 1.29 is 4.79 Å². The molecule has 0 amide bonds. The molecule has 2 heteroatoms. The van der Waals surface area contributed by atoms with Gasteiger partial charge in [0, 0.05) is 12.8 Å². The first kappa shape index (κ1) is 12.7. The van der Waals surface area contributed by atoms with Gasteiger partial charge in [0.2, 0.25) is 0 Å². The van der Waals surface area contributed by atoms with Crippen molar-refractivity contribution in [2.75, 3.05) is 13.1 Å². The monoisotopic (exact) mass is 211 g/mol. The Morgan fingerprint density at radius 2 is 1.13 bits per heavy atom. The van der Waals surface area contributed by atoms with Crippen molar-refractivity contribution in [3.8, 4) is 0 Å². The summed E-state index contributed by atoms with van der Waals surface area (Å²) in [5.41, 5.74) is 0. The number of hydrogen-bond donors (Lipinski definition) is 1. The van der Waals surface area contributed by atoms with E-state index in [9.17, 15) is 4.79 Å². The van der Waals surface area contributed by atoms with E-state index in [0.717, 1.165) is 38.8 Å². The summed E-state index contributed by atoms with van der Waals surface area (Å²) in [6, 6.07) is 0. The number of ketones is 1. The maximum atomic E-state index is 11.4. The maximum Gasteiger partial charge on any atom is 0.132 e. The van der Waals surface area contributed by atoms with Gasteiger partial charge in [-0.15, -0.1) is 0 Å². The molecular formula is C13H25NO. The molecule has 0 bridgehead atoms. The molecule has 1 aliphatic heterocycles. The molecule has 0 unspecified atom stereocenters. The van der Waals surface area contributed by atoms with Crippen LogP contribution in [0.15, 0.2) is 0 Å². The molecule has 88 valence electrons. The fraction of sp³-hybridized carbons (Fsp3) is 0.923. The molecule has 0 spiro atoms. The molecule has 1 N–H and O–H groups in total. The zero-order valence-corrected chi connectivity index (χ0v) is 9.89. The first-order chi connectivity index (χ1) is 7.39. The summed E-state index contributed by atoms with van der Waals surface area (Å²) in [6.07, 6.45) is 11.4. The molecule has 2 nitrogen and oxygen atoms in total. The van der Waals surface area contributed by atoms with Crippen molar-refractivity contribution in [2.45, 2.75) is 64.2 Å². The van der Waals surface area contributed by atoms with Gasteiger partial charge < -0.3 is 5.32 Å². The van der Waals surface area contributed by atoms with Crippen LogP contribution in [0.3, 0.4) is 0 Å². The first-order valence-corrected chi connectivity index (χ1v) is 6.62. The minimum atomic E-state index is 0.491. The number of rotatable bonds is 0. The van der Waals surface area contributed by atoms with Gasteiger partial charge in [-0.25, -0.2) is 0 Å². The zero-order valence-electron chi connectivity index (χ0n) is 9.89. The third kappa shape index (κ3) is 7.55. The molecule has 0 atom stereocenters. The Bertz CT molecular complexity index is 152. The van der Waals surface area contributed by atoms with Gasteiger partial charge in [-0.2, -0.15) is 0 Å². The molecule has 15 heavy (non-hydrogen) atoms. The van der Waals surface area contributed by atoms with Crippen LogP contribution in [0.4, 0.5) is 0 Å². The second kappa shape index (κ2) is 8.90. The van der Waals surface area contributed by atoms with Crippen molar-refractivity contribution in [2.24, 2.45) is 0 Å². The average Bonchev–Trinajstić information content (AvgIpc) is 2.24. The minimum absolute atomic E-state index is 0.491. The third-order valence-electron chi connectivity index (χ3n) is 3.12. The van der Waals surface area contributed by atoms with Gasteiger partial charge in [0.15, 0.2) is 0 Å². The highest BCUT2D eigenvalue weighted by atomic mass is 16.1. The predicted molar refractivity (Wildman–Crippen MR) is 64.0 cm³/mol. The van der Waals surface area contributed by atoms with Crippen LogP contribution < -0.4 is 5.32 Å². The fourth-order valence-electron chi connectivity index (χ4n) is 2.10. The van der Waals surface area contributed by atoms with Crippen LogP contribution in [-0.2, 0) is 4.79 Å². The normalized spacial score (nSPS) is 23.3. The standard InChI is InChI=1S/C13H25NO/c15-13-9-5-1-3-7-11-14-12-8-4-2-6-10-13/h14H,1-12H2. The fourth-order valence-corrected chi connectivity index (χ4v) is 2.10. The highest BCUT2D eigenvalue weighted by Crippen LogP contribution is 2.09. The minimum Gasteiger partial charge on any atom is -0.317 e. The summed E-state index contributed by atoms with van der Waals surface area (Å²) in [6.45, 7) is 2.32. The molecule has 1 heterocycles. The lowest BCUT2D eigenvalue weighted by molar-refractivity contribution is -0.119. The molecule has 0 aromatic heterocycles. The van der Waals surface area contributed by atoms with Gasteiger partial charge in [0.1, 0.15) is 5.78 Å². The van der Waals surface area contributed by atoms with Crippen molar-refractivity contribution in [3.05, 3.63) is 0 Å². The van der Waals surface area contributed by atoms with Crippen molar-refractivity contribution in [1.29, 1.82) is 0 Å². The van der Waals surface area contributed by atoms with Crippen LogP contribution in [0.25, 0.3) is 0 Å². The number of nitrogens with one attached hydrogen (secondary N) is 1. The molecule has 1 fully saturated rings. The first-order valence-electron chi connectivity index (χ1n) is 6.62. The van der Waals surface area contributed by atoms with Gasteiger partial charge in [-0.05, 0) is 38.8 Å². The van der Waals surface area contributed by atoms with E-state index in [1.54, 1.807) is 0 Å². The molecule has 1 saturated heterocycles. The molecule has 0 aromatic carbocycles. The third-order valence-corrected chi connectivity index (χ3v) is 3.12. The van der Waals surface area contributed by atoms with E-state index in [2.05, 4.69) is 5.32 Å². The highest BCUT2D eigenvalue weighted by Gasteiger charge is 2.02. The molecule has 0 aliphatic carbocycles. The van der Waals surface area contributed by atoms with Gasteiger partial charge in [-0.3, -0.25) is 4.79 Å².